The van der Waals surface area contributed by atoms with Crippen LogP contribution in [0.5, 0.6) is 0 Å². The van der Waals surface area contributed by atoms with Gasteiger partial charge in [0.15, 0.2) is 0 Å². The van der Waals surface area contributed by atoms with Gasteiger partial charge < -0.3 is 24.8 Å². The Labute approximate surface area is 226 Å². The number of hydrogen-bond donors (Lipinski definition) is 2. The Morgan fingerprint density at radius 1 is 1.05 bits per heavy atom. The normalized spacial score (nSPS) is 14.3. The van der Waals surface area contributed by atoms with Crippen LogP contribution in [0.4, 0.5) is 9.59 Å². The molecule has 2 heterocycles. The first-order chi connectivity index (χ1) is 18.6. The van der Waals surface area contributed by atoms with Crippen LogP contribution in [-0.4, -0.2) is 56.7 Å². The highest BCUT2D eigenvalue weighted by molar-refractivity contribution is 5.79. The van der Waals surface area contributed by atoms with Gasteiger partial charge in [0.2, 0.25) is 0 Å². The van der Waals surface area contributed by atoms with E-state index in [0.717, 1.165) is 27.9 Å². The summed E-state index contributed by atoms with van der Waals surface area (Å²) in [5, 5.41) is 16.5. The topological polar surface area (TPSA) is 123 Å². The second-order valence-corrected chi connectivity index (χ2v) is 10.8. The van der Waals surface area contributed by atoms with Crippen LogP contribution in [0.1, 0.15) is 54.8 Å². The molecule has 0 saturated carbocycles. The van der Waals surface area contributed by atoms with Crippen molar-refractivity contribution < 1.29 is 29.0 Å². The van der Waals surface area contributed by atoms with E-state index in [4.69, 9.17) is 9.47 Å². The minimum absolute atomic E-state index is 0.0355. The lowest BCUT2D eigenvalue weighted by Gasteiger charge is -2.30. The summed E-state index contributed by atoms with van der Waals surface area (Å²) in [5.74, 6) is -1.08. The lowest BCUT2D eigenvalue weighted by Crippen LogP contribution is -2.40. The maximum atomic E-state index is 12.7. The fraction of sp³-hybridized carbons (Fsp3) is 0.379. The summed E-state index contributed by atoms with van der Waals surface area (Å²) in [7, 11) is 0. The van der Waals surface area contributed by atoms with E-state index < -0.39 is 23.8 Å². The number of fused-ring (bicyclic) bond motifs is 4. The van der Waals surface area contributed by atoms with Crippen LogP contribution in [0.2, 0.25) is 0 Å². The predicted molar refractivity (Wildman–Crippen MR) is 142 cm³/mol. The second kappa shape index (κ2) is 10.4. The van der Waals surface area contributed by atoms with Gasteiger partial charge in [0.1, 0.15) is 18.8 Å². The number of carboxylic acids is 1. The van der Waals surface area contributed by atoms with Crippen molar-refractivity contribution in [2.75, 3.05) is 13.2 Å². The molecule has 1 aromatic heterocycles. The van der Waals surface area contributed by atoms with Gasteiger partial charge in [-0.1, -0.05) is 48.5 Å². The fourth-order valence-electron chi connectivity index (χ4n) is 5.25. The molecule has 39 heavy (non-hydrogen) atoms. The van der Waals surface area contributed by atoms with Crippen LogP contribution < -0.4 is 5.32 Å². The van der Waals surface area contributed by atoms with Crippen LogP contribution in [0.15, 0.2) is 48.5 Å². The molecule has 2 amide bonds. The maximum Gasteiger partial charge on any atom is 0.410 e. The number of nitrogens with one attached hydrogen (secondary N) is 1. The van der Waals surface area contributed by atoms with Gasteiger partial charge in [-0.25, -0.2) is 9.59 Å². The minimum Gasteiger partial charge on any atom is -0.480 e. The zero-order valence-electron chi connectivity index (χ0n) is 22.3. The molecule has 0 spiro atoms. The third-order valence-corrected chi connectivity index (χ3v) is 6.90. The van der Waals surface area contributed by atoms with E-state index in [9.17, 15) is 19.5 Å². The molecule has 2 aromatic carbocycles. The van der Waals surface area contributed by atoms with Crippen LogP contribution in [0, 0.1) is 0 Å². The number of carbonyl (C=O) groups is 3. The number of aromatic nitrogens is 2. The number of benzene rings is 2. The van der Waals surface area contributed by atoms with E-state index in [-0.39, 0.29) is 32.2 Å². The van der Waals surface area contributed by atoms with Crippen LogP contribution in [0.3, 0.4) is 0 Å². The lowest BCUT2D eigenvalue weighted by molar-refractivity contribution is -0.138. The number of aliphatic carboxylic acids is 1. The zero-order valence-corrected chi connectivity index (χ0v) is 22.3. The van der Waals surface area contributed by atoms with Crippen molar-refractivity contribution in [2.45, 2.75) is 58.3 Å². The number of nitrogens with zero attached hydrogens (tertiary/aromatic N) is 3. The monoisotopic (exact) mass is 532 g/mol. The average molecular weight is 533 g/mol. The molecule has 0 bridgehead atoms. The number of carbonyl (C=O) groups excluding carboxylic acids is 2. The number of amides is 2. The molecule has 1 aliphatic heterocycles. The number of ether oxygens (including phenoxy) is 2. The van der Waals surface area contributed by atoms with E-state index >= 15 is 0 Å². The molecule has 10 heteroatoms. The van der Waals surface area contributed by atoms with Gasteiger partial charge in [0, 0.05) is 30.1 Å². The van der Waals surface area contributed by atoms with E-state index in [0.29, 0.717) is 24.2 Å². The molecular weight excluding hydrogens is 500 g/mol. The maximum absolute atomic E-state index is 12.7. The Balaban J connectivity index is 1.27. The van der Waals surface area contributed by atoms with Gasteiger partial charge in [0.05, 0.1) is 18.8 Å². The van der Waals surface area contributed by atoms with E-state index in [1.54, 1.807) is 25.7 Å². The SMILES string of the molecule is CC(C)(C)OC(=O)N1CCc2c(c(CNC(=O)OCC3c4ccccc4-c4ccccc43)nn2CC(=O)O)C1. The summed E-state index contributed by atoms with van der Waals surface area (Å²) < 4.78 is 12.6. The van der Waals surface area contributed by atoms with Gasteiger partial charge in [-0.05, 0) is 43.0 Å². The lowest BCUT2D eigenvalue weighted by atomic mass is 9.98. The molecule has 0 unspecified atom stereocenters. The zero-order chi connectivity index (χ0) is 27.7. The molecule has 0 fully saturated rings. The largest absolute Gasteiger partial charge is 0.480 e. The van der Waals surface area contributed by atoms with Crippen LogP contribution in [-0.2, 0) is 40.3 Å². The highest BCUT2D eigenvalue weighted by atomic mass is 16.6. The van der Waals surface area contributed by atoms with Crippen molar-refractivity contribution in [1.82, 2.24) is 20.0 Å². The van der Waals surface area contributed by atoms with Gasteiger partial charge >= 0.3 is 18.2 Å². The van der Waals surface area contributed by atoms with Crippen molar-refractivity contribution >= 4 is 18.2 Å². The van der Waals surface area contributed by atoms with E-state index in [1.807, 2.05) is 24.3 Å². The van der Waals surface area contributed by atoms with Crippen LogP contribution in [0.25, 0.3) is 11.1 Å². The summed E-state index contributed by atoms with van der Waals surface area (Å²) in [5.41, 5.74) is 5.84. The van der Waals surface area contributed by atoms with Crippen molar-refractivity contribution in [3.63, 3.8) is 0 Å². The van der Waals surface area contributed by atoms with Gasteiger partial charge in [0.25, 0.3) is 0 Å². The summed E-state index contributed by atoms with van der Waals surface area (Å²) in [6.45, 7) is 5.90. The van der Waals surface area contributed by atoms with E-state index in [2.05, 4.69) is 34.7 Å². The van der Waals surface area contributed by atoms with Crippen molar-refractivity contribution in [3.05, 3.63) is 76.6 Å². The molecule has 0 radical (unpaired) electrons. The van der Waals surface area contributed by atoms with Gasteiger partial charge in [-0.3, -0.25) is 9.48 Å². The predicted octanol–water partition coefficient (Wildman–Crippen LogP) is 4.30. The molecule has 2 N–H and O–H groups in total. The second-order valence-electron chi connectivity index (χ2n) is 10.8. The molecule has 204 valence electrons. The minimum atomic E-state index is -1.02. The molecule has 3 aromatic rings. The molecule has 0 saturated heterocycles. The molecular formula is C29H32N4O6. The number of rotatable bonds is 6. The highest BCUT2D eigenvalue weighted by Crippen LogP contribution is 2.44. The fourth-order valence-corrected chi connectivity index (χ4v) is 5.25. The first-order valence-corrected chi connectivity index (χ1v) is 13.0. The summed E-state index contributed by atoms with van der Waals surface area (Å²) >= 11 is 0. The Bertz CT molecular complexity index is 1380. The summed E-state index contributed by atoms with van der Waals surface area (Å²) in [6.07, 6.45) is -0.618. The third-order valence-electron chi connectivity index (χ3n) is 6.90. The first kappa shape index (κ1) is 26.3. The van der Waals surface area contributed by atoms with Gasteiger partial charge in [-0.15, -0.1) is 0 Å². The van der Waals surface area contributed by atoms with Crippen molar-refractivity contribution in [1.29, 1.82) is 0 Å². The Morgan fingerprint density at radius 2 is 1.69 bits per heavy atom. The Morgan fingerprint density at radius 3 is 2.31 bits per heavy atom. The Kier molecular flexibility index (Phi) is 7.03. The molecule has 5 rings (SSSR count). The average Bonchev–Trinajstić information content (AvgIpc) is 3.39. The number of carboxylic acid groups (broad SMARTS) is 1. The van der Waals surface area contributed by atoms with Gasteiger partial charge in [-0.2, -0.15) is 5.10 Å². The highest BCUT2D eigenvalue weighted by Gasteiger charge is 2.32. The smallest absolute Gasteiger partial charge is 0.410 e. The Hall–Kier alpha value is -4.34. The number of alkyl carbamates (subject to hydrolysis) is 1. The molecule has 2 aliphatic rings. The summed E-state index contributed by atoms with van der Waals surface area (Å²) in [6, 6.07) is 16.2. The quantitative estimate of drug-likeness (QED) is 0.485. The standard InChI is InChI=1S/C29H32N4O6/c1-29(2,3)39-28(37)32-13-12-25-22(15-32)24(31-33(25)16-26(34)35)14-30-27(36)38-17-23-20-10-6-4-8-18(20)19-9-5-7-11-21(19)23/h4-11,23H,12-17H2,1-3H3,(H,30,36)(H,34,35). The first-order valence-electron chi connectivity index (χ1n) is 13.0. The molecule has 0 atom stereocenters. The number of hydrogen-bond acceptors (Lipinski definition) is 6. The molecule has 1 aliphatic carbocycles. The van der Waals surface area contributed by atoms with Crippen molar-refractivity contribution in [3.8, 4) is 11.1 Å². The molecule has 10 nitrogen and oxygen atoms in total. The van der Waals surface area contributed by atoms with Crippen molar-refractivity contribution in [2.24, 2.45) is 0 Å². The van der Waals surface area contributed by atoms with E-state index in [1.165, 1.54) is 4.68 Å². The summed E-state index contributed by atoms with van der Waals surface area (Å²) in [4.78, 5) is 38.4. The van der Waals surface area contributed by atoms with Crippen LogP contribution >= 0.6 is 0 Å². The third kappa shape index (κ3) is 5.59.